The van der Waals surface area contributed by atoms with E-state index in [0.717, 1.165) is 5.56 Å². The molecule has 0 radical (unpaired) electrons. The van der Waals surface area contributed by atoms with Gasteiger partial charge in [0.05, 0.1) is 11.9 Å². The molecule has 0 heterocycles. The van der Waals surface area contributed by atoms with Crippen LogP contribution in [-0.2, 0) is 20.7 Å². The van der Waals surface area contributed by atoms with Gasteiger partial charge in [-0.25, -0.2) is 4.79 Å². The Morgan fingerprint density at radius 3 is 2.30 bits per heavy atom. The molecule has 1 unspecified atom stereocenters. The van der Waals surface area contributed by atoms with Gasteiger partial charge in [-0.05, 0) is 26.3 Å². The summed E-state index contributed by atoms with van der Waals surface area (Å²) in [5.41, 5.74) is 0.125. The van der Waals surface area contributed by atoms with E-state index in [1.807, 2.05) is 30.3 Å². The van der Waals surface area contributed by atoms with E-state index in [0.29, 0.717) is 0 Å². The summed E-state index contributed by atoms with van der Waals surface area (Å²) in [6.45, 7) is 5.16. The first-order valence-electron chi connectivity index (χ1n) is 7.35. The van der Waals surface area contributed by atoms with Gasteiger partial charge in [0.25, 0.3) is 0 Å². The fourth-order valence-electron chi connectivity index (χ4n) is 1.90. The lowest BCUT2D eigenvalue weighted by Gasteiger charge is -2.22. The fourth-order valence-corrected chi connectivity index (χ4v) is 2.01. The van der Waals surface area contributed by atoms with Crippen LogP contribution in [0.3, 0.4) is 0 Å². The summed E-state index contributed by atoms with van der Waals surface area (Å²) in [5, 5.41) is 2.47. The van der Waals surface area contributed by atoms with Crippen molar-refractivity contribution in [2.75, 3.05) is 5.88 Å². The maximum atomic E-state index is 12.4. The van der Waals surface area contributed by atoms with Crippen molar-refractivity contribution in [2.45, 2.75) is 45.3 Å². The lowest BCUT2D eigenvalue weighted by Crippen LogP contribution is -2.45. The van der Waals surface area contributed by atoms with E-state index < -0.39 is 17.7 Å². The highest BCUT2D eigenvalue weighted by molar-refractivity contribution is 6.27. The number of amides is 1. The van der Waals surface area contributed by atoms with Crippen molar-refractivity contribution in [1.82, 2.24) is 5.32 Å². The molecule has 0 saturated carbocycles. The number of halogens is 1. The third-order valence-electron chi connectivity index (χ3n) is 2.88. The quantitative estimate of drug-likeness (QED) is 0.775. The molecule has 126 valence electrons. The van der Waals surface area contributed by atoms with Crippen molar-refractivity contribution in [3.8, 4) is 0 Å². The van der Waals surface area contributed by atoms with Gasteiger partial charge in [0.1, 0.15) is 11.4 Å². The molecule has 5 nitrogen and oxygen atoms in total. The molecule has 0 bridgehead atoms. The van der Waals surface area contributed by atoms with E-state index in [2.05, 4.69) is 5.32 Å². The summed E-state index contributed by atoms with van der Waals surface area (Å²) in [6, 6.07) is 8.17. The van der Waals surface area contributed by atoms with Gasteiger partial charge in [-0.1, -0.05) is 30.3 Å². The predicted molar refractivity (Wildman–Crippen MR) is 88.7 cm³/mol. The highest BCUT2D eigenvalue weighted by Gasteiger charge is 2.26. The number of alkyl halides is 1. The molecule has 0 saturated heterocycles. The van der Waals surface area contributed by atoms with Crippen LogP contribution in [0.2, 0.25) is 0 Å². The lowest BCUT2D eigenvalue weighted by atomic mass is 10.00. The van der Waals surface area contributed by atoms with Crippen LogP contribution in [0.25, 0.3) is 0 Å². The Balaban J connectivity index is 2.76. The Kier molecular flexibility index (Phi) is 7.23. The van der Waals surface area contributed by atoms with Gasteiger partial charge >= 0.3 is 6.09 Å². The number of benzene rings is 1. The first-order valence-corrected chi connectivity index (χ1v) is 7.88. The van der Waals surface area contributed by atoms with Crippen LogP contribution in [0.5, 0.6) is 0 Å². The van der Waals surface area contributed by atoms with Crippen LogP contribution in [-0.4, -0.2) is 35.2 Å². The average Bonchev–Trinajstić information content (AvgIpc) is 2.45. The molecule has 1 amide bonds. The molecule has 0 aliphatic heterocycles. The zero-order valence-electron chi connectivity index (χ0n) is 13.6. The van der Waals surface area contributed by atoms with E-state index in [4.69, 9.17) is 16.3 Å². The molecule has 1 rings (SSSR count). The number of nitrogens with one attached hydrogen (secondary N) is 1. The second-order valence-corrected chi connectivity index (χ2v) is 6.47. The first-order chi connectivity index (χ1) is 10.7. The minimum Gasteiger partial charge on any atom is -0.444 e. The van der Waals surface area contributed by atoms with Crippen LogP contribution >= 0.6 is 11.6 Å². The number of alkyl carbamates (subject to hydrolysis) is 1. The molecule has 0 aliphatic rings. The van der Waals surface area contributed by atoms with E-state index in [1.165, 1.54) is 0 Å². The highest BCUT2D eigenvalue weighted by atomic mass is 35.5. The number of carbonyl (C=O) groups is 3. The molecule has 23 heavy (non-hydrogen) atoms. The van der Waals surface area contributed by atoms with Crippen molar-refractivity contribution in [3.63, 3.8) is 0 Å². The second kappa shape index (κ2) is 8.67. The van der Waals surface area contributed by atoms with E-state index >= 15 is 0 Å². The average molecular weight is 340 g/mol. The van der Waals surface area contributed by atoms with Crippen molar-refractivity contribution < 1.29 is 19.1 Å². The first kappa shape index (κ1) is 19.2. The van der Waals surface area contributed by atoms with Gasteiger partial charge in [-0.3, -0.25) is 9.59 Å². The summed E-state index contributed by atoms with van der Waals surface area (Å²) in [5.74, 6) is -0.778. The normalized spacial score (nSPS) is 12.3. The minimum atomic E-state index is -0.948. The fraction of sp³-hybridized carbons (Fsp3) is 0.471. The van der Waals surface area contributed by atoms with Gasteiger partial charge in [0.2, 0.25) is 0 Å². The molecule has 0 spiro atoms. The number of rotatable bonds is 7. The monoisotopic (exact) mass is 339 g/mol. The maximum Gasteiger partial charge on any atom is 0.408 e. The third kappa shape index (κ3) is 7.79. The molecule has 0 aromatic heterocycles. The topological polar surface area (TPSA) is 72.5 Å². The summed E-state index contributed by atoms with van der Waals surface area (Å²) < 4.78 is 5.14. The Morgan fingerprint density at radius 1 is 1.17 bits per heavy atom. The summed E-state index contributed by atoms with van der Waals surface area (Å²) in [4.78, 5) is 35.8. The van der Waals surface area contributed by atoms with Gasteiger partial charge in [-0.15, -0.1) is 11.6 Å². The molecule has 1 atom stereocenters. The molecule has 0 aliphatic carbocycles. The molecule has 1 N–H and O–H groups in total. The minimum absolute atomic E-state index is 0.122. The predicted octanol–water partition coefficient (Wildman–Crippen LogP) is 2.89. The van der Waals surface area contributed by atoms with Gasteiger partial charge in [0.15, 0.2) is 5.78 Å². The van der Waals surface area contributed by atoms with Crippen molar-refractivity contribution in [1.29, 1.82) is 0 Å². The number of hydrogen-bond acceptors (Lipinski definition) is 4. The van der Waals surface area contributed by atoms with Crippen molar-refractivity contribution in [3.05, 3.63) is 35.9 Å². The number of ketones is 2. The zero-order valence-corrected chi connectivity index (χ0v) is 14.4. The lowest BCUT2D eigenvalue weighted by molar-refractivity contribution is -0.124. The highest BCUT2D eigenvalue weighted by Crippen LogP contribution is 2.09. The number of hydrogen-bond donors (Lipinski definition) is 1. The molecule has 1 aromatic carbocycles. The SMILES string of the molecule is CC(C)(C)OC(=O)NC(CC(=O)CCl)C(=O)Cc1ccccc1. The summed E-state index contributed by atoms with van der Waals surface area (Å²) in [6.07, 6.45) is -0.753. The summed E-state index contributed by atoms with van der Waals surface area (Å²) in [7, 11) is 0. The Hall–Kier alpha value is -1.88. The van der Waals surface area contributed by atoms with Crippen molar-refractivity contribution >= 4 is 29.3 Å². The van der Waals surface area contributed by atoms with Crippen LogP contribution < -0.4 is 5.32 Å². The smallest absolute Gasteiger partial charge is 0.408 e. The standard InChI is InChI=1S/C17H22ClNO4/c1-17(2,3)23-16(22)19-14(10-13(20)11-18)15(21)9-12-7-5-4-6-8-12/h4-8,14H,9-11H2,1-3H3,(H,19,22). The van der Waals surface area contributed by atoms with Crippen LogP contribution in [0.15, 0.2) is 30.3 Å². The Morgan fingerprint density at radius 2 is 1.78 bits per heavy atom. The van der Waals surface area contributed by atoms with E-state index in [-0.39, 0.29) is 30.3 Å². The Bertz CT molecular complexity index is 551. The molecule has 0 fully saturated rings. The van der Waals surface area contributed by atoms with Crippen LogP contribution in [0.4, 0.5) is 4.79 Å². The molecule has 6 heteroatoms. The molecular formula is C17H22ClNO4. The van der Waals surface area contributed by atoms with E-state index in [9.17, 15) is 14.4 Å². The largest absolute Gasteiger partial charge is 0.444 e. The van der Waals surface area contributed by atoms with Crippen LogP contribution in [0.1, 0.15) is 32.8 Å². The van der Waals surface area contributed by atoms with Gasteiger partial charge < -0.3 is 10.1 Å². The van der Waals surface area contributed by atoms with Crippen molar-refractivity contribution in [2.24, 2.45) is 0 Å². The maximum absolute atomic E-state index is 12.4. The second-order valence-electron chi connectivity index (χ2n) is 6.20. The Labute approximate surface area is 141 Å². The zero-order chi connectivity index (χ0) is 17.5. The number of ether oxygens (including phenoxy) is 1. The molecule has 1 aromatic rings. The third-order valence-corrected chi connectivity index (χ3v) is 3.18. The van der Waals surface area contributed by atoms with Gasteiger partial charge in [0, 0.05) is 12.8 Å². The molecular weight excluding hydrogens is 318 g/mol. The van der Waals surface area contributed by atoms with Gasteiger partial charge in [-0.2, -0.15) is 0 Å². The number of carbonyl (C=O) groups excluding carboxylic acids is 3. The summed E-state index contributed by atoms with van der Waals surface area (Å²) >= 11 is 5.50. The number of Topliss-reactive ketones (excluding diaryl/α,β-unsaturated/α-hetero) is 2. The van der Waals surface area contributed by atoms with E-state index in [1.54, 1.807) is 20.8 Å². The van der Waals surface area contributed by atoms with Crippen LogP contribution in [0, 0.1) is 0 Å².